The number of amides is 4. The van der Waals surface area contributed by atoms with Gasteiger partial charge in [0.25, 0.3) is 5.91 Å². The van der Waals surface area contributed by atoms with Crippen LogP contribution < -0.4 is 10.6 Å². The molecule has 1 aliphatic heterocycles. The number of rotatable bonds is 5. The Morgan fingerprint density at radius 1 is 1.16 bits per heavy atom. The summed E-state index contributed by atoms with van der Waals surface area (Å²) in [6, 6.07) is 12.4. The summed E-state index contributed by atoms with van der Waals surface area (Å²) in [5, 5.41) is 7.41. The molecule has 1 saturated heterocycles. The molecule has 31 heavy (non-hydrogen) atoms. The Labute approximate surface area is 181 Å². The van der Waals surface area contributed by atoms with E-state index >= 15 is 0 Å². The second-order valence-electron chi connectivity index (χ2n) is 7.41. The minimum absolute atomic E-state index is 0.369. The third kappa shape index (κ3) is 4.04. The monoisotopic (exact) mass is 438 g/mol. The first-order valence-electron chi connectivity index (χ1n) is 9.49. The average molecular weight is 438 g/mol. The van der Waals surface area contributed by atoms with Gasteiger partial charge >= 0.3 is 6.03 Å². The van der Waals surface area contributed by atoms with E-state index in [0.717, 1.165) is 21.7 Å². The van der Waals surface area contributed by atoms with Gasteiger partial charge in [0.1, 0.15) is 17.9 Å². The van der Waals surface area contributed by atoms with Gasteiger partial charge in [-0.1, -0.05) is 42.0 Å². The molecule has 0 aliphatic carbocycles. The minimum Gasteiger partial charge on any atom is -0.319 e. The maximum atomic E-state index is 13.2. The molecule has 158 valence electrons. The van der Waals surface area contributed by atoms with E-state index in [1.54, 1.807) is 0 Å². The van der Waals surface area contributed by atoms with Crippen molar-refractivity contribution in [3.63, 3.8) is 0 Å². The lowest BCUT2D eigenvalue weighted by Crippen LogP contribution is -2.42. The van der Waals surface area contributed by atoms with Crippen LogP contribution in [-0.4, -0.2) is 34.3 Å². The van der Waals surface area contributed by atoms with Gasteiger partial charge in [0.15, 0.2) is 5.13 Å². The number of nitrogens with one attached hydrogen (secondary N) is 2. The van der Waals surface area contributed by atoms with Crippen molar-refractivity contribution in [1.29, 1.82) is 0 Å². The van der Waals surface area contributed by atoms with Gasteiger partial charge in [-0.15, -0.1) is 11.3 Å². The molecule has 1 unspecified atom stereocenters. The quantitative estimate of drug-likeness (QED) is 0.595. The maximum absolute atomic E-state index is 13.2. The molecule has 4 rings (SSSR count). The van der Waals surface area contributed by atoms with Crippen LogP contribution in [0.25, 0.3) is 11.3 Å². The number of carbonyl (C=O) groups excluding carboxylic acids is 3. The number of benzene rings is 2. The third-order valence-electron chi connectivity index (χ3n) is 5.10. The smallest absolute Gasteiger partial charge is 0.319 e. The van der Waals surface area contributed by atoms with Crippen molar-refractivity contribution >= 4 is 34.3 Å². The molecule has 0 spiro atoms. The molecule has 4 amide bonds. The fourth-order valence-electron chi connectivity index (χ4n) is 3.31. The first-order valence-corrected chi connectivity index (χ1v) is 10.4. The fraction of sp³-hybridized carbons (Fsp3) is 0.182. The Kier molecular flexibility index (Phi) is 5.28. The molecular weight excluding hydrogens is 419 g/mol. The van der Waals surface area contributed by atoms with E-state index in [-0.39, 0.29) is 0 Å². The number of carbonyl (C=O) groups is 3. The Hall–Kier alpha value is -3.59. The molecule has 2 N–H and O–H groups in total. The molecule has 1 atom stereocenters. The fourth-order valence-corrected chi connectivity index (χ4v) is 4.05. The third-order valence-corrected chi connectivity index (χ3v) is 5.85. The second kappa shape index (κ2) is 7.92. The van der Waals surface area contributed by atoms with E-state index in [4.69, 9.17) is 0 Å². The molecule has 0 saturated carbocycles. The number of imide groups is 1. The largest absolute Gasteiger partial charge is 0.325 e. The van der Waals surface area contributed by atoms with E-state index < -0.39 is 35.7 Å². The summed E-state index contributed by atoms with van der Waals surface area (Å²) in [6.45, 7) is 3.06. The van der Waals surface area contributed by atoms with Gasteiger partial charge < -0.3 is 10.6 Å². The van der Waals surface area contributed by atoms with E-state index in [9.17, 15) is 18.8 Å². The van der Waals surface area contributed by atoms with Crippen molar-refractivity contribution in [2.24, 2.45) is 0 Å². The Morgan fingerprint density at radius 2 is 1.84 bits per heavy atom. The van der Waals surface area contributed by atoms with Crippen LogP contribution in [0.1, 0.15) is 18.1 Å². The van der Waals surface area contributed by atoms with E-state index in [0.29, 0.717) is 10.7 Å². The molecule has 3 aromatic rings. The van der Waals surface area contributed by atoms with Gasteiger partial charge in [-0.25, -0.2) is 14.2 Å². The van der Waals surface area contributed by atoms with Crippen molar-refractivity contribution in [2.45, 2.75) is 19.4 Å². The molecule has 0 radical (unpaired) electrons. The van der Waals surface area contributed by atoms with Gasteiger partial charge in [0, 0.05) is 10.9 Å². The maximum Gasteiger partial charge on any atom is 0.325 e. The zero-order valence-electron chi connectivity index (χ0n) is 16.8. The van der Waals surface area contributed by atoms with Crippen LogP contribution in [0.5, 0.6) is 0 Å². The van der Waals surface area contributed by atoms with Gasteiger partial charge in [0.05, 0.1) is 5.69 Å². The lowest BCUT2D eigenvalue weighted by Gasteiger charge is -2.22. The van der Waals surface area contributed by atoms with E-state index in [1.807, 2.05) is 36.6 Å². The predicted molar refractivity (Wildman–Crippen MR) is 115 cm³/mol. The Bertz CT molecular complexity index is 1160. The van der Waals surface area contributed by atoms with Crippen molar-refractivity contribution in [1.82, 2.24) is 15.2 Å². The number of nitrogens with zero attached hydrogens (tertiary/aromatic N) is 2. The summed E-state index contributed by atoms with van der Waals surface area (Å²) in [6.07, 6.45) is 0. The number of hydrogen-bond acceptors (Lipinski definition) is 5. The number of thiazole rings is 1. The molecule has 0 bridgehead atoms. The van der Waals surface area contributed by atoms with Crippen LogP contribution in [0, 0.1) is 12.7 Å². The Morgan fingerprint density at radius 3 is 2.52 bits per heavy atom. The number of urea groups is 1. The standard InChI is InChI=1S/C22H19FN4O3S/c1-13-3-5-14(6-4-13)17-12-31-20(24-17)25-18(28)11-27-19(29)22(2,26-21(27)30)15-7-9-16(23)10-8-15/h3-10,12H,11H2,1-2H3,(H,26,30)(H,24,25,28). The van der Waals surface area contributed by atoms with Gasteiger partial charge in [-0.2, -0.15) is 0 Å². The summed E-state index contributed by atoms with van der Waals surface area (Å²) >= 11 is 1.25. The van der Waals surface area contributed by atoms with Gasteiger partial charge in [-0.05, 0) is 31.5 Å². The summed E-state index contributed by atoms with van der Waals surface area (Å²) < 4.78 is 13.2. The summed E-state index contributed by atoms with van der Waals surface area (Å²) in [5.41, 5.74) is 1.84. The van der Waals surface area contributed by atoms with Crippen molar-refractivity contribution in [3.05, 3.63) is 70.9 Å². The number of halogens is 1. The van der Waals surface area contributed by atoms with Crippen molar-refractivity contribution in [3.8, 4) is 11.3 Å². The van der Waals surface area contributed by atoms with E-state index in [1.165, 1.54) is 42.5 Å². The molecular formula is C22H19FN4O3S. The summed E-state index contributed by atoms with van der Waals surface area (Å²) in [7, 11) is 0. The predicted octanol–water partition coefficient (Wildman–Crippen LogP) is 3.66. The Balaban J connectivity index is 1.44. The second-order valence-corrected chi connectivity index (χ2v) is 8.26. The highest BCUT2D eigenvalue weighted by Gasteiger charge is 2.49. The SMILES string of the molecule is Cc1ccc(-c2csc(NC(=O)CN3C(=O)NC(C)(c4ccc(F)cc4)C3=O)n2)cc1. The lowest BCUT2D eigenvalue weighted by atomic mass is 9.92. The zero-order chi connectivity index (χ0) is 22.2. The zero-order valence-corrected chi connectivity index (χ0v) is 17.6. The lowest BCUT2D eigenvalue weighted by molar-refractivity contribution is -0.133. The van der Waals surface area contributed by atoms with Crippen LogP contribution in [0.2, 0.25) is 0 Å². The van der Waals surface area contributed by atoms with Crippen LogP contribution in [0.15, 0.2) is 53.9 Å². The van der Waals surface area contributed by atoms with E-state index in [2.05, 4.69) is 15.6 Å². The van der Waals surface area contributed by atoms with Crippen LogP contribution >= 0.6 is 11.3 Å². The highest BCUT2D eigenvalue weighted by Crippen LogP contribution is 2.29. The summed E-state index contributed by atoms with van der Waals surface area (Å²) in [5.74, 6) is -1.58. The van der Waals surface area contributed by atoms with Crippen LogP contribution in [0.3, 0.4) is 0 Å². The number of anilines is 1. The molecule has 1 aromatic heterocycles. The van der Waals surface area contributed by atoms with Crippen molar-refractivity contribution < 1.29 is 18.8 Å². The average Bonchev–Trinajstić information content (AvgIpc) is 3.28. The number of hydrogen-bond donors (Lipinski definition) is 2. The topological polar surface area (TPSA) is 91.4 Å². The van der Waals surface area contributed by atoms with Crippen LogP contribution in [-0.2, 0) is 15.1 Å². The molecule has 2 heterocycles. The minimum atomic E-state index is -1.37. The number of aromatic nitrogens is 1. The molecule has 2 aromatic carbocycles. The van der Waals surface area contributed by atoms with Crippen molar-refractivity contribution in [2.75, 3.05) is 11.9 Å². The molecule has 1 aliphatic rings. The number of aryl methyl sites for hydroxylation is 1. The highest BCUT2D eigenvalue weighted by molar-refractivity contribution is 7.14. The highest BCUT2D eigenvalue weighted by atomic mass is 32.1. The molecule has 1 fully saturated rings. The van der Waals surface area contributed by atoms with Gasteiger partial charge in [0.2, 0.25) is 5.91 Å². The molecule has 7 nitrogen and oxygen atoms in total. The first kappa shape index (κ1) is 20.7. The van der Waals surface area contributed by atoms with Gasteiger partial charge in [-0.3, -0.25) is 14.5 Å². The van der Waals surface area contributed by atoms with Crippen LogP contribution in [0.4, 0.5) is 14.3 Å². The normalized spacial score (nSPS) is 18.2. The summed E-state index contributed by atoms with van der Waals surface area (Å²) in [4.78, 5) is 43.0. The first-order chi connectivity index (χ1) is 14.8. The molecule has 9 heteroatoms.